The molecule has 0 spiro atoms. The van der Waals surface area contributed by atoms with Crippen LogP contribution in [0.5, 0.6) is 0 Å². The average molecular weight is 308 g/mol. The van der Waals surface area contributed by atoms with Crippen LogP contribution in [0.4, 0.5) is 0 Å². The molecule has 0 fully saturated rings. The van der Waals surface area contributed by atoms with Gasteiger partial charge in [0.05, 0.1) is 11.4 Å². The van der Waals surface area contributed by atoms with Crippen LogP contribution in [0.2, 0.25) is 0 Å². The molecule has 1 aromatic carbocycles. The SMILES string of the molecule is NC(=O)C[C@H](NC(=S)CCC(=O)c1ccccc1)C(=O)O. The van der Waals surface area contributed by atoms with Crippen molar-refractivity contribution in [1.29, 1.82) is 0 Å². The molecule has 0 saturated carbocycles. The van der Waals surface area contributed by atoms with Gasteiger partial charge in [-0.25, -0.2) is 4.79 Å². The predicted molar refractivity (Wildman–Crippen MR) is 81.0 cm³/mol. The molecule has 21 heavy (non-hydrogen) atoms. The van der Waals surface area contributed by atoms with Crippen molar-refractivity contribution in [3.05, 3.63) is 35.9 Å². The fourth-order valence-corrected chi connectivity index (χ4v) is 1.91. The van der Waals surface area contributed by atoms with Crippen molar-refractivity contribution in [1.82, 2.24) is 5.32 Å². The molecule has 0 unspecified atom stereocenters. The highest BCUT2D eigenvalue weighted by Crippen LogP contribution is 2.06. The summed E-state index contributed by atoms with van der Waals surface area (Å²) in [5, 5.41) is 11.5. The van der Waals surface area contributed by atoms with Gasteiger partial charge in [-0.2, -0.15) is 0 Å². The number of aliphatic carboxylic acids is 1. The lowest BCUT2D eigenvalue weighted by Gasteiger charge is -2.14. The van der Waals surface area contributed by atoms with E-state index in [0.29, 0.717) is 5.56 Å². The number of ketones is 1. The molecule has 1 aromatic rings. The number of carboxylic acids is 1. The Morgan fingerprint density at radius 1 is 1.19 bits per heavy atom. The molecule has 6 nitrogen and oxygen atoms in total. The van der Waals surface area contributed by atoms with Crippen molar-refractivity contribution in [2.45, 2.75) is 25.3 Å². The fraction of sp³-hybridized carbons (Fsp3) is 0.286. The number of hydrogen-bond acceptors (Lipinski definition) is 4. The highest BCUT2D eigenvalue weighted by molar-refractivity contribution is 7.80. The molecule has 1 atom stereocenters. The third-order valence-corrected chi connectivity index (χ3v) is 3.04. The Labute approximate surface area is 127 Å². The molecule has 112 valence electrons. The summed E-state index contributed by atoms with van der Waals surface area (Å²) in [7, 11) is 0. The number of benzene rings is 1. The van der Waals surface area contributed by atoms with E-state index >= 15 is 0 Å². The lowest BCUT2D eigenvalue weighted by atomic mass is 10.1. The van der Waals surface area contributed by atoms with E-state index in [9.17, 15) is 14.4 Å². The van der Waals surface area contributed by atoms with E-state index in [2.05, 4.69) is 5.32 Å². The fourth-order valence-electron chi connectivity index (χ4n) is 1.66. The molecule has 0 aliphatic carbocycles. The molecule has 0 aliphatic rings. The van der Waals surface area contributed by atoms with Crippen LogP contribution in [-0.2, 0) is 9.59 Å². The highest BCUT2D eigenvalue weighted by Gasteiger charge is 2.20. The first-order valence-electron chi connectivity index (χ1n) is 6.29. The van der Waals surface area contributed by atoms with Gasteiger partial charge in [0.2, 0.25) is 5.91 Å². The first-order chi connectivity index (χ1) is 9.90. The largest absolute Gasteiger partial charge is 0.480 e. The summed E-state index contributed by atoms with van der Waals surface area (Å²) in [5.41, 5.74) is 5.54. The summed E-state index contributed by atoms with van der Waals surface area (Å²) >= 11 is 4.99. The first kappa shape index (κ1) is 16.8. The van der Waals surface area contributed by atoms with Gasteiger partial charge in [0, 0.05) is 18.4 Å². The molecule has 0 aromatic heterocycles. The van der Waals surface area contributed by atoms with Gasteiger partial charge in [-0.3, -0.25) is 9.59 Å². The Morgan fingerprint density at radius 2 is 1.81 bits per heavy atom. The second kappa shape index (κ2) is 8.11. The predicted octanol–water partition coefficient (Wildman–Crippen LogP) is 0.895. The van der Waals surface area contributed by atoms with E-state index in [4.69, 9.17) is 23.1 Å². The molecule has 7 heteroatoms. The molecule has 1 amide bonds. The minimum Gasteiger partial charge on any atom is -0.480 e. The highest BCUT2D eigenvalue weighted by atomic mass is 32.1. The van der Waals surface area contributed by atoms with Crippen molar-refractivity contribution in [3.8, 4) is 0 Å². The molecule has 0 radical (unpaired) electrons. The standard InChI is InChI=1S/C14H16N2O4S/c15-12(18)8-10(14(19)20)16-13(21)7-6-11(17)9-4-2-1-3-5-9/h1-5,10H,6-8H2,(H2,15,18)(H,16,21)(H,19,20)/t10-/m0/s1. The molecule has 4 N–H and O–H groups in total. The summed E-state index contributed by atoms with van der Waals surface area (Å²) in [5.74, 6) is -2.04. The number of thiocarbonyl (C=S) groups is 1. The maximum atomic E-state index is 11.9. The van der Waals surface area contributed by atoms with Gasteiger partial charge < -0.3 is 16.2 Å². The number of amides is 1. The minimum atomic E-state index is -1.22. The quantitative estimate of drug-likeness (QED) is 0.486. The summed E-state index contributed by atoms with van der Waals surface area (Å²) in [6, 6.07) is 7.57. The Balaban J connectivity index is 2.48. The smallest absolute Gasteiger partial charge is 0.326 e. The molecule has 1 rings (SSSR count). The van der Waals surface area contributed by atoms with Gasteiger partial charge >= 0.3 is 5.97 Å². The van der Waals surface area contributed by atoms with Gasteiger partial charge in [0.1, 0.15) is 6.04 Å². The topological polar surface area (TPSA) is 109 Å². The third kappa shape index (κ3) is 6.13. The van der Waals surface area contributed by atoms with E-state index < -0.39 is 17.9 Å². The van der Waals surface area contributed by atoms with Crippen molar-refractivity contribution in [3.63, 3.8) is 0 Å². The van der Waals surface area contributed by atoms with Gasteiger partial charge in [-0.1, -0.05) is 42.5 Å². The van der Waals surface area contributed by atoms with E-state index in [0.717, 1.165) is 0 Å². The van der Waals surface area contributed by atoms with E-state index in [1.54, 1.807) is 24.3 Å². The Kier molecular flexibility index (Phi) is 6.48. The van der Waals surface area contributed by atoms with Crippen LogP contribution in [0, 0.1) is 0 Å². The Bertz CT molecular complexity index is 545. The third-order valence-electron chi connectivity index (χ3n) is 2.71. The van der Waals surface area contributed by atoms with Crippen LogP contribution in [0.15, 0.2) is 30.3 Å². The zero-order valence-corrected chi connectivity index (χ0v) is 12.1. The number of nitrogens with two attached hydrogens (primary N) is 1. The van der Waals surface area contributed by atoms with Crippen LogP contribution in [-0.4, -0.2) is 33.8 Å². The second-order valence-corrected chi connectivity index (χ2v) is 4.91. The summed E-state index contributed by atoms with van der Waals surface area (Å²) in [6.45, 7) is 0. The van der Waals surface area contributed by atoms with Gasteiger partial charge in [0.15, 0.2) is 5.78 Å². The zero-order chi connectivity index (χ0) is 15.8. The molecule has 0 heterocycles. The summed E-state index contributed by atoms with van der Waals surface area (Å²) in [6.07, 6.45) is 0.0203. The normalized spacial score (nSPS) is 11.4. The number of hydrogen-bond donors (Lipinski definition) is 3. The molecule has 0 aliphatic heterocycles. The Hall–Kier alpha value is -2.28. The second-order valence-electron chi connectivity index (χ2n) is 4.42. The van der Waals surface area contributed by atoms with Crippen molar-refractivity contribution >= 4 is 34.9 Å². The Morgan fingerprint density at radius 3 is 2.33 bits per heavy atom. The summed E-state index contributed by atoms with van der Waals surface area (Å²) < 4.78 is 0. The lowest BCUT2D eigenvalue weighted by molar-refractivity contribution is -0.140. The number of carbonyl (C=O) groups is 3. The van der Waals surface area contributed by atoms with E-state index in [1.165, 1.54) is 0 Å². The van der Waals surface area contributed by atoms with Gasteiger partial charge in [-0.05, 0) is 0 Å². The number of rotatable bonds is 8. The monoisotopic (exact) mass is 308 g/mol. The summed E-state index contributed by atoms with van der Waals surface area (Å²) in [4.78, 5) is 33.8. The maximum absolute atomic E-state index is 11.9. The molecule has 0 saturated heterocycles. The van der Waals surface area contributed by atoms with Crippen LogP contribution in [0.3, 0.4) is 0 Å². The average Bonchev–Trinajstić information content (AvgIpc) is 2.44. The lowest BCUT2D eigenvalue weighted by Crippen LogP contribution is -2.42. The number of carbonyl (C=O) groups excluding carboxylic acids is 2. The van der Waals surface area contributed by atoms with Gasteiger partial charge in [0.25, 0.3) is 0 Å². The van der Waals surface area contributed by atoms with E-state index in [1.807, 2.05) is 6.07 Å². The van der Waals surface area contributed by atoms with Crippen LogP contribution in [0.25, 0.3) is 0 Å². The van der Waals surface area contributed by atoms with Crippen LogP contribution >= 0.6 is 12.2 Å². The number of Topliss-reactive ketones (excluding diaryl/α,β-unsaturated/α-hetero) is 1. The van der Waals surface area contributed by atoms with Crippen LogP contribution in [0.1, 0.15) is 29.6 Å². The van der Waals surface area contributed by atoms with Gasteiger partial charge in [-0.15, -0.1) is 0 Å². The maximum Gasteiger partial charge on any atom is 0.326 e. The number of carboxylic acid groups (broad SMARTS) is 1. The number of primary amides is 1. The van der Waals surface area contributed by atoms with Crippen molar-refractivity contribution in [2.24, 2.45) is 5.73 Å². The minimum absolute atomic E-state index is 0.0819. The van der Waals surface area contributed by atoms with E-state index in [-0.39, 0.29) is 30.0 Å². The molecular formula is C14H16N2O4S. The molecular weight excluding hydrogens is 292 g/mol. The van der Waals surface area contributed by atoms with Crippen LogP contribution < -0.4 is 11.1 Å². The van der Waals surface area contributed by atoms with Crippen molar-refractivity contribution < 1.29 is 19.5 Å². The zero-order valence-electron chi connectivity index (χ0n) is 11.2. The first-order valence-corrected chi connectivity index (χ1v) is 6.69. The number of nitrogens with one attached hydrogen (secondary N) is 1. The molecule has 0 bridgehead atoms. The van der Waals surface area contributed by atoms with Crippen molar-refractivity contribution in [2.75, 3.05) is 0 Å².